The number of hydrogen-bond acceptors (Lipinski definition) is 4. The van der Waals surface area contributed by atoms with Crippen LogP contribution < -0.4 is 0 Å². The second-order valence-corrected chi connectivity index (χ2v) is 8.71. The highest BCUT2D eigenvalue weighted by Gasteiger charge is 2.26. The van der Waals surface area contributed by atoms with E-state index in [9.17, 15) is 8.42 Å². The average molecular weight is 350 g/mol. The zero-order valence-electron chi connectivity index (χ0n) is 11.3. The molecule has 20 heavy (non-hydrogen) atoms. The molecule has 0 N–H and O–H groups in total. The van der Waals surface area contributed by atoms with Crippen molar-refractivity contribution in [3.63, 3.8) is 0 Å². The number of hydrogen-bond donors (Lipinski definition) is 0. The van der Waals surface area contributed by atoms with Gasteiger partial charge in [0.15, 0.2) is 0 Å². The number of alkyl halides is 1. The molecule has 0 saturated heterocycles. The maximum atomic E-state index is 12.6. The van der Waals surface area contributed by atoms with Crippen LogP contribution in [0.2, 0.25) is 0 Å². The molecule has 0 atom stereocenters. The van der Waals surface area contributed by atoms with Gasteiger partial charge in [0.2, 0.25) is 10.0 Å². The van der Waals surface area contributed by atoms with Crippen LogP contribution in [0.1, 0.15) is 15.3 Å². The molecule has 2 aromatic rings. The van der Waals surface area contributed by atoms with E-state index in [-0.39, 0.29) is 5.88 Å². The van der Waals surface area contributed by atoms with Crippen molar-refractivity contribution in [3.05, 3.63) is 38.2 Å². The fraction of sp³-hybridized carbons (Fsp3) is 0.385. The Morgan fingerprint density at radius 2 is 2.10 bits per heavy atom. The minimum Gasteiger partial charge on any atom is -0.207 e. The molecule has 0 radical (unpaired) electrons. The molecule has 110 valence electrons. The number of rotatable bonds is 6. The lowest BCUT2D eigenvalue weighted by molar-refractivity contribution is 0.473. The first kappa shape index (κ1) is 16.0. The molecule has 0 aromatic carbocycles. The SMILES string of the molecule is Cc1csc(CCl)c1S(=O)(=O)N(C)CCc1cccs1. The van der Waals surface area contributed by atoms with Gasteiger partial charge in [0, 0.05) is 23.3 Å². The third-order valence-corrected chi connectivity index (χ3v) is 7.72. The van der Waals surface area contributed by atoms with Crippen LogP contribution in [0.15, 0.2) is 27.8 Å². The largest absolute Gasteiger partial charge is 0.244 e. The van der Waals surface area contributed by atoms with Crippen molar-refractivity contribution in [2.24, 2.45) is 0 Å². The van der Waals surface area contributed by atoms with Gasteiger partial charge in [-0.15, -0.1) is 34.3 Å². The number of nitrogens with zero attached hydrogens (tertiary/aromatic N) is 1. The van der Waals surface area contributed by atoms with Crippen LogP contribution in [0.5, 0.6) is 0 Å². The van der Waals surface area contributed by atoms with Gasteiger partial charge >= 0.3 is 0 Å². The second kappa shape index (κ2) is 6.58. The lowest BCUT2D eigenvalue weighted by Gasteiger charge is -2.17. The van der Waals surface area contributed by atoms with Gasteiger partial charge in [-0.3, -0.25) is 0 Å². The first-order chi connectivity index (χ1) is 9.46. The van der Waals surface area contributed by atoms with Crippen LogP contribution in [0, 0.1) is 6.92 Å². The van der Waals surface area contributed by atoms with E-state index in [1.54, 1.807) is 18.4 Å². The minimum absolute atomic E-state index is 0.228. The van der Waals surface area contributed by atoms with E-state index in [4.69, 9.17) is 11.6 Å². The van der Waals surface area contributed by atoms with Crippen LogP contribution >= 0.6 is 34.3 Å². The Balaban J connectivity index is 2.18. The summed E-state index contributed by atoms with van der Waals surface area (Å²) in [4.78, 5) is 2.28. The fourth-order valence-electron chi connectivity index (χ4n) is 1.92. The molecule has 2 rings (SSSR count). The third-order valence-electron chi connectivity index (χ3n) is 3.03. The average Bonchev–Trinajstić information content (AvgIpc) is 3.04. The number of thiophene rings is 2. The summed E-state index contributed by atoms with van der Waals surface area (Å²) in [6.45, 7) is 2.28. The normalized spacial score (nSPS) is 12.2. The molecule has 0 spiro atoms. The van der Waals surface area contributed by atoms with Crippen LogP contribution in [0.25, 0.3) is 0 Å². The van der Waals surface area contributed by atoms with E-state index >= 15 is 0 Å². The van der Waals surface area contributed by atoms with E-state index in [2.05, 4.69) is 0 Å². The molecular formula is C13H16ClNO2S3. The monoisotopic (exact) mass is 349 g/mol. The van der Waals surface area contributed by atoms with Gasteiger partial charge in [-0.1, -0.05) is 6.07 Å². The minimum atomic E-state index is -3.46. The summed E-state index contributed by atoms with van der Waals surface area (Å²) >= 11 is 8.89. The van der Waals surface area contributed by atoms with E-state index in [0.717, 1.165) is 12.0 Å². The Hall–Kier alpha value is -0.400. The molecule has 0 amide bonds. The van der Waals surface area contributed by atoms with Crippen LogP contribution in [0.4, 0.5) is 0 Å². The molecule has 0 fully saturated rings. The van der Waals surface area contributed by atoms with Gasteiger partial charge in [0.05, 0.1) is 5.88 Å². The zero-order valence-corrected chi connectivity index (χ0v) is 14.5. The highest BCUT2D eigenvalue weighted by molar-refractivity contribution is 7.89. The summed E-state index contributed by atoms with van der Waals surface area (Å²) in [7, 11) is -1.84. The maximum Gasteiger partial charge on any atom is 0.244 e. The summed E-state index contributed by atoms with van der Waals surface area (Å²) in [5.41, 5.74) is 0.772. The van der Waals surface area contributed by atoms with E-state index in [0.29, 0.717) is 16.3 Å². The number of likely N-dealkylation sites (N-methyl/N-ethyl adjacent to an activating group) is 1. The summed E-state index contributed by atoms with van der Waals surface area (Å²) in [5.74, 6) is 0.228. The first-order valence-corrected chi connectivity index (χ1v) is 9.82. The van der Waals surface area contributed by atoms with E-state index < -0.39 is 10.0 Å². The molecule has 0 aliphatic heterocycles. The molecule has 0 bridgehead atoms. The van der Waals surface area contributed by atoms with Gasteiger partial charge in [0.25, 0.3) is 0 Å². The molecule has 2 aromatic heterocycles. The predicted molar refractivity (Wildman–Crippen MR) is 86.5 cm³/mol. The number of aryl methyl sites for hydroxylation is 1. The Morgan fingerprint density at radius 1 is 1.35 bits per heavy atom. The quantitative estimate of drug-likeness (QED) is 0.745. The molecule has 0 aliphatic rings. The molecule has 2 heterocycles. The van der Waals surface area contributed by atoms with Crippen molar-refractivity contribution in [1.82, 2.24) is 4.31 Å². The lowest BCUT2D eigenvalue weighted by atomic mass is 10.3. The van der Waals surface area contributed by atoms with Crippen molar-refractivity contribution in [1.29, 1.82) is 0 Å². The Kier molecular flexibility index (Phi) is 5.25. The number of sulfonamides is 1. The molecule has 3 nitrogen and oxygen atoms in total. The van der Waals surface area contributed by atoms with E-state index in [1.807, 2.05) is 29.8 Å². The first-order valence-electron chi connectivity index (χ1n) is 6.08. The molecule has 7 heteroatoms. The van der Waals surface area contributed by atoms with Gasteiger partial charge in [-0.25, -0.2) is 12.7 Å². The maximum absolute atomic E-state index is 12.6. The Bertz CT molecular complexity index is 662. The van der Waals surface area contributed by atoms with Crippen LogP contribution in [0.3, 0.4) is 0 Å². The van der Waals surface area contributed by atoms with Crippen LogP contribution in [-0.4, -0.2) is 26.3 Å². The summed E-state index contributed by atoms with van der Waals surface area (Å²) < 4.78 is 26.7. The van der Waals surface area contributed by atoms with Gasteiger partial charge in [-0.2, -0.15) is 0 Å². The molecule has 0 aliphatic carbocycles. The van der Waals surface area contributed by atoms with Gasteiger partial charge in [0.1, 0.15) is 4.90 Å². The summed E-state index contributed by atoms with van der Waals surface area (Å²) in [6.07, 6.45) is 0.729. The second-order valence-electron chi connectivity index (χ2n) is 4.46. The summed E-state index contributed by atoms with van der Waals surface area (Å²) in [6, 6.07) is 3.99. The van der Waals surface area contributed by atoms with Crippen molar-refractivity contribution < 1.29 is 8.42 Å². The van der Waals surface area contributed by atoms with Crippen molar-refractivity contribution in [3.8, 4) is 0 Å². The lowest BCUT2D eigenvalue weighted by Crippen LogP contribution is -2.29. The van der Waals surface area contributed by atoms with Crippen molar-refractivity contribution >= 4 is 44.3 Å². The molecule has 0 unspecified atom stereocenters. The highest BCUT2D eigenvalue weighted by Crippen LogP contribution is 2.30. The molecular weight excluding hydrogens is 334 g/mol. The summed E-state index contributed by atoms with van der Waals surface area (Å²) in [5, 5.41) is 3.84. The third kappa shape index (κ3) is 3.26. The standard InChI is InChI=1S/C13H16ClNO2S3/c1-10-9-19-12(8-14)13(10)20(16,17)15(2)6-5-11-4-3-7-18-11/h3-4,7,9H,5-6,8H2,1-2H3. The van der Waals surface area contributed by atoms with Crippen molar-refractivity contribution in [2.45, 2.75) is 24.1 Å². The van der Waals surface area contributed by atoms with Crippen molar-refractivity contribution in [2.75, 3.05) is 13.6 Å². The van der Waals surface area contributed by atoms with Gasteiger partial charge in [-0.05, 0) is 35.7 Å². The van der Waals surface area contributed by atoms with Crippen LogP contribution in [-0.2, 0) is 22.3 Å². The van der Waals surface area contributed by atoms with Gasteiger partial charge < -0.3 is 0 Å². The predicted octanol–water partition coefficient (Wildman–Crippen LogP) is 3.72. The molecule has 0 saturated carbocycles. The number of halogens is 1. The fourth-order valence-corrected chi connectivity index (χ4v) is 5.80. The highest BCUT2D eigenvalue weighted by atomic mass is 35.5. The van der Waals surface area contributed by atoms with E-state index in [1.165, 1.54) is 20.5 Å². The smallest absolute Gasteiger partial charge is 0.207 e. The Morgan fingerprint density at radius 3 is 2.70 bits per heavy atom. The zero-order chi connectivity index (χ0) is 14.8. The topological polar surface area (TPSA) is 37.4 Å². The Labute approximate surface area is 132 Å².